The van der Waals surface area contributed by atoms with E-state index in [0.717, 1.165) is 18.2 Å². The van der Waals surface area contributed by atoms with E-state index in [1.807, 2.05) is 0 Å². The Hall–Kier alpha value is -1.52. The summed E-state index contributed by atoms with van der Waals surface area (Å²) in [5.41, 5.74) is -0.418. The van der Waals surface area contributed by atoms with Crippen LogP contribution >= 0.6 is 11.6 Å². The Morgan fingerprint density at radius 3 is 2.26 bits per heavy atom. The summed E-state index contributed by atoms with van der Waals surface area (Å²) in [7, 11) is 0. The summed E-state index contributed by atoms with van der Waals surface area (Å²) in [6, 6.07) is 5.35. The van der Waals surface area contributed by atoms with Crippen LogP contribution in [0.4, 0.5) is 13.2 Å². The number of benzene rings is 2. The van der Waals surface area contributed by atoms with E-state index >= 15 is 0 Å². The second-order valence-electron chi connectivity index (χ2n) is 4.19. The average molecular weight is 287 g/mol. The van der Waals surface area contributed by atoms with Gasteiger partial charge in [-0.1, -0.05) is 11.6 Å². The third kappa shape index (κ3) is 2.74. The second-order valence-corrected chi connectivity index (χ2v) is 4.63. The summed E-state index contributed by atoms with van der Waals surface area (Å²) in [5, 5.41) is 10.2. The van der Waals surface area contributed by atoms with Gasteiger partial charge in [0.15, 0.2) is 0 Å². The molecule has 1 N–H and O–H groups in total. The van der Waals surface area contributed by atoms with Crippen molar-refractivity contribution in [1.82, 2.24) is 0 Å². The van der Waals surface area contributed by atoms with Gasteiger partial charge in [0.1, 0.15) is 23.6 Å². The van der Waals surface area contributed by atoms with Gasteiger partial charge in [-0.25, -0.2) is 13.2 Å². The molecule has 5 heteroatoms. The molecule has 0 bridgehead atoms. The maximum Gasteiger partial charge on any atom is 0.129 e. The molecule has 1 unspecified atom stereocenters. The predicted molar refractivity (Wildman–Crippen MR) is 66.6 cm³/mol. The van der Waals surface area contributed by atoms with E-state index in [2.05, 4.69) is 0 Å². The topological polar surface area (TPSA) is 20.2 Å². The Balaban J connectivity index is 2.52. The quantitative estimate of drug-likeness (QED) is 0.879. The van der Waals surface area contributed by atoms with Crippen molar-refractivity contribution in [3.05, 3.63) is 69.5 Å². The highest BCUT2D eigenvalue weighted by Gasteiger charge is 2.20. The molecule has 0 aliphatic rings. The summed E-state index contributed by atoms with van der Waals surface area (Å²) < 4.78 is 40.7. The lowest BCUT2D eigenvalue weighted by atomic mass is 9.99. The molecular formula is C14H10ClF3O. The van der Waals surface area contributed by atoms with E-state index in [0.29, 0.717) is 0 Å². The third-order valence-corrected chi connectivity index (χ3v) is 3.06. The Bertz CT molecular complexity index is 628. The highest BCUT2D eigenvalue weighted by Crippen LogP contribution is 2.29. The zero-order chi connectivity index (χ0) is 14.2. The molecule has 2 aromatic carbocycles. The Morgan fingerprint density at radius 1 is 0.947 bits per heavy atom. The molecule has 2 aromatic rings. The van der Waals surface area contributed by atoms with Crippen LogP contribution in [0.3, 0.4) is 0 Å². The van der Waals surface area contributed by atoms with Crippen molar-refractivity contribution in [3.63, 3.8) is 0 Å². The summed E-state index contributed by atoms with van der Waals surface area (Å²) >= 11 is 5.70. The van der Waals surface area contributed by atoms with Gasteiger partial charge in [-0.2, -0.15) is 0 Å². The van der Waals surface area contributed by atoms with Crippen LogP contribution in [0.5, 0.6) is 0 Å². The highest BCUT2D eigenvalue weighted by atomic mass is 35.5. The first-order valence-corrected chi connectivity index (χ1v) is 5.86. The molecule has 0 aliphatic carbocycles. The SMILES string of the molecule is Cc1cc(F)c(C(O)c2cc(Cl)ccc2F)cc1F. The van der Waals surface area contributed by atoms with Crippen molar-refractivity contribution in [2.24, 2.45) is 0 Å². The molecule has 2 rings (SSSR count). The van der Waals surface area contributed by atoms with Gasteiger partial charge in [0.05, 0.1) is 0 Å². The lowest BCUT2D eigenvalue weighted by molar-refractivity contribution is 0.209. The van der Waals surface area contributed by atoms with E-state index in [1.165, 1.54) is 19.1 Å². The van der Waals surface area contributed by atoms with Gasteiger partial charge in [-0.15, -0.1) is 0 Å². The fourth-order valence-electron chi connectivity index (χ4n) is 1.76. The third-order valence-electron chi connectivity index (χ3n) is 2.83. The van der Waals surface area contributed by atoms with Gasteiger partial charge in [-0.3, -0.25) is 0 Å². The van der Waals surface area contributed by atoms with E-state index in [4.69, 9.17) is 11.6 Å². The molecule has 1 atom stereocenters. The lowest BCUT2D eigenvalue weighted by Gasteiger charge is -2.14. The molecule has 0 saturated carbocycles. The molecular weight excluding hydrogens is 277 g/mol. The predicted octanol–water partition coefficient (Wildman–Crippen LogP) is 4.15. The van der Waals surface area contributed by atoms with Gasteiger partial charge >= 0.3 is 0 Å². The van der Waals surface area contributed by atoms with Crippen molar-refractivity contribution < 1.29 is 18.3 Å². The standard InChI is InChI=1S/C14H10ClF3O/c1-7-4-13(18)10(6-12(7)17)14(19)9-5-8(15)2-3-11(9)16/h2-6,14,19H,1H3. The molecule has 0 aliphatic heterocycles. The van der Waals surface area contributed by atoms with Gasteiger partial charge < -0.3 is 5.11 Å². The van der Waals surface area contributed by atoms with Crippen molar-refractivity contribution >= 4 is 11.6 Å². The fourth-order valence-corrected chi connectivity index (χ4v) is 1.94. The molecule has 1 nitrogen and oxygen atoms in total. The van der Waals surface area contributed by atoms with Crippen molar-refractivity contribution in [2.75, 3.05) is 0 Å². The normalized spacial score (nSPS) is 12.5. The first kappa shape index (κ1) is 13.9. The summed E-state index contributed by atoms with van der Waals surface area (Å²) in [6.45, 7) is 1.40. The van der Waals surface area contributed by atoms with Gasteiger partial charge in [-0.05, 0) is 42.8 Å². The van der Waals surface area contributed by atoms with Crippen LogP contribution in [0, 0.1) is 24.4 Å². The minimum atomic E-state index is -1.62. The van der Waals surface area contributed by atoms with Gasteiger partial charge in [0.2, 0.25) is 0 Å². The number of aliphatic hydroxyl groups excluding tert-OH is 1. The number of aliphatic hydroxyl groups is 1. The minimum absolute atomic E-state index is 0.111. The molecule has 0 fully saturated rings. The molecule has 0 heterocycles. The lowest BCUT2D eigenvalue weighted by Crippen LogP contribution is -2.06. The van der Waals surface area contributed by atoms with Crippen LogP contribution in [-0.2, 0) is 0 Å². The van der Waals surface area contributed by atoms with Gasteiger partial charge in [0.25, 0.3) is 0 Å². The number of halogens is 4. The Morgan fingerprint density at radius 2 is 1.58 bits per heavy atom. The molecule has 0 aromatic heterocycles. The zero-order valence-electron chi connectivity index (χ0n) is 9.92. The minimum Gasteiger partial charge on any atom is -0.383 e. The first-order valence-electron chi connectivity index (χ1n) is 5.48. The average Bonchev–Trinajstić information content (AvgIpc) is 2.36. The smallest absolute Gasteiger partial charge is 0.129 e. The maximum atomic E-state index is 13.7. The van der Waals surface area contributed by atoms with Crippen molar-refractivity contribution in [1.29, 1.82) is 0 Å². The van der Waals surface area contributed by atoms with E-state index in [1.54, 1.807) is 0 Å². The fraction of sp³-hybridized carbons (Fsp3) is 0.143. The molecule has 0 saturated heterocycles. The van der Waals surface area contributed by atoms with Crippen molar-refractivity contribution in [2.45, 2.75) is 13.0 Å². The van der Waals surface area contributed by atoms with Crippen LogP contribution in [-0.4, -0.2) is 5.11 Å². The van der Waals surface area contributed by atoms with Crippen LogP contribution in [0.15, 0.2) is 30.3 Å². The van der Waals surface area contributed by atoms with Crippen LogP contribution in [0.25, 0.3) is 0 Å². The monoisotopic (exact) mass is 286 g/mol. The van der Waals surface area contributed by atoms with E-state index < -0.39 is 23.6 Å². The number of hydrogen-bond donors (Lipinski definition) is 1. The number of hydrogen-bond acceptors (Lipinski definition) is 1. The van der Waals surface area contributed by atoms with E-state index in [9.17, 15) is 18.3 Å². The second kappa shape index (κ2) is 5.23. The molecule has 19 heavy (non-hydrogen) atoms. The van der Waals surface area contributed by atoms with Gasteiger partial charge in [0, 0.05) is 16.1 Å². The van der Waals surface area contributed by atoms with E-state index in [-0.39, 0.29) is 21.7 Å². The molecule has 0 amide bonds. The maximum absolute atomic E-state index is 13.7. The molecule has 0 spiro atoms. The van der Waals surface area contributed by atoms with Crippen LogP contribution in [0.2, 0.25) is 5.02 Å². The largest absolute Gasteiger partial charge is 0.383 e. The number of rotatable bonds is 2. The number of aryl methyl sites for hydroxylation is 1. The van der Waals surface area contributed by atoms with Crippen LogP contribution < -0.4 is 0 Å². The molecule has 0 radical (unpaired) electrons. The zero-order valence-corrected chi connectivity index (χ0v) is 10.7. The summed E-state index contributed by atoms with van der Waals surface area (Å²) in [5.74, 6) is -2.21. The molecule has 100 valence electrons. The highest BCUT2D eigenvalue weighted by molar-refractivity contribution is 6.30. The van der Waals surface area contributed by atoms with Crippen molar-refractivity contribution in [3.8, 4) is 0 Å². The van der Waals surface area contributed by atoms with Crippen LogP contribution in [0.1, 0.15) is 22.8 Å². The Labute approximate surface area is 113 Å². The Kier molecular flexibility index (Phi) is 3.83. The first-order chi connectivity index (χ1) is 8.90. The summed E-state index contributed by atoms with van der Waals surface area (Å²) in [4.78, 5) is 0. The summed E-state index contributed by atoms with van der Waals surface area (Å²) in [6.07, 6.45) is -1.62.